The van der Waals surface area contributed by atoms with Gasteiger partial charge in [0, 0.05) is 31.2 Å². The third-order valence-electron chi connectivity index (χ3n) is 5.19. The molecule has 0 aromatic heterocycles. The van der Waals surface area contributed by atoms with E-state index in [1.165, 1.54) is 5.56 Å². The van der Waals surface area contributed by atoms with Gasteiger partial charge in [0.05, 0.1) is 25.2 Å². The Balaban J connectivity index is 1.63. The third kappa shape index (κ3) is 6.67. The molecule has 7 nitrogen and oxygen atoms in total. The van der Waals surface area contributed by atoms with Crippen LogP contribution in [0.25, 0.3) is 0 Å². The molecule has 1 aliphatic rings. The van der Waals surface area contributed by atoms with Crippen molar-refractivity contribution >= 4 is 33.2 Å². The molecule has 0 spiro atoms. The maximum absolute atomic E-state index is 12.6. The van der Waals surface area contributed by atoms with E-state index in [-0.39, 0.29) is 12.5 Å². The van der Waals surface area contributed by atoms with Crippen LogP contribution in [-0.2, 0) is 32.6 Å². The molecule has 9 heteroatoms. The predicted octanol–water partition coefficient (Wildman–Crippen LogP) is 2.56. The molecule has 1 heterocycles. The van der Waals surface area contributed by atoms with Crippen molar-refractivity contribution in [1.29, 1.82) is 0 Å². The van der Waals surface area contributed by atoms with Gasteiger partial charge in [-0.15, -0.1) is 0 Å². The van der Waals surface area contributed by atoms with Crippen LogP contribution < -0.4 is 9.62 Å². The van der Waals surface area contributed by atoms with Crippen LogP contribution in [0.3, 0.4) is 0 Å². The lowest BCUT2D eigenvalue weighted by molar-refractivity contribution is -0.119. The zero-order valence-electron chi connectivity index (χ0n) is 17.8. The van der Waals surface area contributed by atoms with Crippen LogP contribution in [0, 0.1) is 6.92 Å². The Bertz CT molecular complexity index is 1020. The van der Waals surface area contributed by atoms with Gasteiger partial charge in [-0.1, -0.05) is 41.9 Å². The number of carbonyl (C=O) groups excluding carboxylic acids is 1. The highest BCUT2D eigenvalue weighted by Gasteiger charge is 2.23. The van der Waals surface area contributed by atoms with Crippen molar-refractivity contribution in [3.05, 3.63) is 64.2 Å². The number of rotatable bonds is 8. The lowest BCUT2D eigenvalue weighted by Crippen LogP contribution is -2.40. The third-order valence-corrected chi connectivity index (χ3v) is 6.72. The summed E-state index contributed by atoms with van der Waals surface area (Å²) in [5.74, 6) is -0.386. The molecule has 31 heavy (non-hydrogen) atoms. The summed E-state index contributed by atoms with van der Waals surface area (Å²) in [5.41, 5.74) is 3.14. The first-order valence-electron chi connectivity index (χ1n) is 10.1. The van der Waals surface area contributed by atoms with Crippen LogP contribution in [0.2, 0.25) is 5.02 Å². The fraction of sp³-hybridized carbons (Fsp3) is 0.409. The number of anilines is 1. The SMILES string of the molecule is Cc1c(Cl)cccc1N(CC(=O)NCc1cccc(CN2CCOCC2)c1)S(C)(=O)=O. The number of hydrogen-bond donors (Lipinski definition) is 1. The van der Waals surface area contributed by atoms with Crippen molar-refractivity contribution in [2.45, 2.75) is 20.0 Å². The number of halogens is 1. The first-order valence-corrected chi connectivity index (χ1v) is 12.3. The molecule has 1 saturated heterocycles. The average Bonchev–Trinajstić information content (AvgIpc) is 2.73. The molecule has 0 unspecified atom stereocenters. The van der Waals surface area contributed by atoms with E-state index in [9.17, 15) is 13.2 Å². The van der Waals surface area contributed by atoms with Crippen molar-refractivity contribution < 1.29 is 17.9 Å². The van der Waals surface area contributed by atoms with Crippen LogP contribution in [0.5, 0.6) is 0 Å². The Hall–Kier alpha value is -2.13. The highest BCUT2D eigenvalue weighted by molar-refractivity contribution is 7.92. The Morgan fingerprint density at radius 1 is 1.16 bits per heavy atom. The number of sulfonamides is 1. The summed E-state index contributed by atoms with van der Waals surface area (Å²) in [5, 5.41) is 3.27. The molecule has 0 radical (unpaired) electrons. The van der Waals surface area contributed by atoms with Crippen molar-refractivity contribution in [1.82, 2.24) is 10.2 Å². The lowest BCUT2D eigenvalue weighted by atomic mass is 10.1. The summed E-state index contributed by atoms with van der Waals surface area (Å²) in [6.07, 6.45) is 1.08. The zero-order valence-corrected chi connectivity index (χ0v) is 19.4. The van der Waals surface area contributed by atoms with Crippen LogP contribution in [-0.4, -0.2) is 58.3 Å². The Kier molecular flexibility index (Phi) is 7.94. The van der Waals surface area contributed by atoms with E-state index in [0.29, 0.717) is 22.8 Å². The van der Waals surface area contributed by atoms with Crippen LogP contribution in [0.15, 0.2) is 42.5 Å². The molecular weight excluding hydrogens is 438 g/mol. The molecule has 0 aliphatic carbocycles. The molecule has 2 aromatic carbocycles. The van der Waals surface area contributed by atoms with E-state index < -0.39 is 10.0 Å². The highest BCUT2D eigenvalue weighted by Crippen LogP contribution is 2.28. The summed E-state index contributed by atoms with van der Waals surface area (Å²) >= 11 is 6.14. The summed E-state index contributed by atoms with van der Waals surface area (Å²) in [6, 6.07) is 13.0. The van der Waals surface area contributed by atoms with Gasteiger partial charge >= 0.3 is 0 Å². The zero-order chi connectivity index (χ0) is 22.4. The summed E-state index contributed by atoms with van der Waals surface area (Å²) < 4.78 is 31.1. The fourth-order valence-electron chi connectivity index (χ4n) is 3.49. The van der Waals surface area contributed by atoms with Crippen molar-refractivity contribution in [2.75, 3.05) is 43.4 Å². The van der Waals surface area contributed by atoms with Gasteiger partial charge in [-0.3, -0.25) is 14.0 Å². The van der Waals surface area contributed by atoms with E-state index >= 15 is 0 Å². The Labute approximate surface area is 189 Å². The van der Waals surface area contributed by atoms with Crippen LogP contribution in [0.4, 0.5) is 5.69 Å². The molecule has 0 bridgehead atoms. The molecule has 0 saturated carbocycles. The molecular formula is C22H28ClN3O4S. The number of morpholine rings is 1. The first kappa shape index (κ1) is 23.5. The molecule has 0 atom stereocenters. The van der Waals surface area contributed by atoms with Crippen molar-refractivity contribution in [3.8, 4) is 0 Å². The minimum absolute atomic E-state index is 0.312. The molecule has 2 aromatic rings. The van der Waals surface area contributed by atoms with Gasteiger partial charge in [0.1, 0.15) is 6.54 Å². The van der Waals surface area contributed by atoms with E-state index in [2.05, 4.69) is 22.3 Å². The molecule has 168 valence electrons. The molecule has 1 fully saturated rings. The van der Waals surface area contributed by atoms with Gasteiger partial charge in [0.25, 0.3) is 0 Å². The van der Waals surface area contributed by atoms with Crippen LogP contribution in [0.1, 0.15) is 16.7 Å². The summed E-state index contributed by atoms with van der Waals surface area (Å²) in [7, 11) is -3.66. The number of carbonyl (C=O) groups is 1. The standard InChI is InChI=1S/C22H28ClN3O4S/c1-17-20(23)7-4-8-21(17)26(31(2,28)29)16-22(27)24-14-18-5-3-6-19(13-18)15-25-9-11-30-12-10-25/h3-8,13H,9-12,14-16H2,1-2H3,(H,24,27). The number of hydrogen-bond acceptors (Lipinski definition) is 5. The Morgan fingerprint density at radius 3 is 2.55 bits per heavy atom. The maximum atomic E-state index is 12.6. The number of nitrogens with one attached hydrogen (secondary N) is 1. The van der Waals surface area contributed by atoms with Crippen molar-refractivity contribution in [3.63, 3.8) is 0 Å². The first-order chi connectivity index (χ1) is 14.7. The van der Waals surface area contributed by atoms with E-state index in [0.717, 1.165) is 49.0 Å². The largest absolute Gasteiger partial charge is 0.379 e. The monoisotopic (exact) mass is 465 g/mol. The van der Waals surface area contributed by atoms with Gasteiger partial charge in [-0.25, -0.2) is 8.42 Å². The topological polar surface area (TPSA) is 79.0 Å². The quantitative estimate of drug-likeness (QED) is 0.648. The van der Waals surface area contributed by atoms with Crippen molar-refractivity contribution in [2.24, 2.45) is 0 Å². The van der Waals surface area contributed by atoms with Gasteiger partial charge in [0.15, 0.2) is 0 Å². The van der Waals surface area contributed by atoms with Crippen LogP contribution >= 0.6 is 11.6 Å². The molecule has 1 N–H and O–H groups in total. The minimum Gasteiger partial charge on any atom is -0.379 e. The van der Waals surface area contributed by atoms with E-state index in [1.54, 1.807) is 25.1 Å². The van der Waals surface area contributed by atoms with Gasteiger partial charge in [-0.2, -0.15) is 0 Å². The number of ether oxygens (including phenoxy) is 1. The normalized spacial score (nSPS) is 14.9. The average molecular weight is 466 g/mol. The Morgan fingerprint density at radius 2 is 1.84 bits per heavy atom. The number of benzene rings is 2. The number of nitrogens with zero attached hydrogens (tertiary/aromatic N) is 2. The van der Waals surface area contributed by atoms with E-state index in [4.69, 9.17) is 16.3 Å². The van der Waals surface area contributed by atoms with Gasteiger partial charge in [0.2, 0.25) is 15.9 Å². The molecule has 3 rings (SSSR count). The predicted molar refractivity (Wildman–Crippen MR) is 123 cm³/mol. The molecule has 1 amide bonds. The smallest absolute Gasteiger partial charge is 0.241 e. The van der Waals surface area contributed by atoms with Gasteiger partial charge in [-0.05, 0) is 35.7 Å². The summed E-state index contributed by atoms with van der Waals surface area (Å²) in [4.78, 5) is 14.9. The second-order valence-corrected chi connectivity index (χ2v) is 9.95. The summed E-state index contributed by atoms with van der Waals surface area (Å²) in [6.45, 7) is 5.89. The highest BCUT2D eigenvalue weighted by atomic mass is 35.5. The maximum Gasteiger partial charge on any atom is 0.241 e. The van der Waals surface area contributed by atoms with Gasteiger partial charge < -0.3 is 10.1 Å². The van der Waals surface area contributed by atoms with E-state index in [1.807, 2.05) is 12.1 Å². The lowest BCUT2D eigenvalue weighted by Gasteiger charge is -2.26. The fourth-order valence-corrected chi connectivity index (χ4v) is 4.57. The second-order valence-electron chi connectivity index (χ2n) is 7.64. The minimum atomic E-state index is -3.66. The second kappa shape index (κ2) is 10.5. The molecule has 1 aliphatic heterocycles. The number of amides is 1.